The molecule has 0 saturated heterocycles. The first-order valence-electron chi connectivity index (χ1n) is 6.61. The minimum atomic E-state index is -0.225. The third-order valence-electron chi connectivity index (χ3n) is 2.49. The predicted molar refractivity (Wildman–Crippen MR) is 74.6 cm³/mol. The van der Waals surface area contributed by atoms with Crippen molar-refractivity contribution < 1.29 is 9.53 Å². The van der Waals surface area contributed by atoms with Gasteiger partial charge in [0.05, 0.1) is 19.6 Å². The fourth-order valence-electron chi connectivity index (χ4n) is 1.32. The van der Waals surface area contributed by atoms with Crippen LogP contribution in [0.1, 0.15) is 34.1 Å². The van der Waals surface area contributed by atoms with Crippen LogP contribution < -0.4 is 10.6 Å². The lowest BCUT2D eigenvalue weighted by Crippen LogP contribution is -2.38. The molecule has 0 saturated carbocycles. The topological polar surface area (TPSA) is 62.7 Å². The standard InChI is InChI=1S/C13H27N3O2/c1-6-14-13(15-8-7-10(2)3)16-9-11(4)12(17)18-5/h10-11H,6-9H2,1-5H3,(H2,14,15,16). The van der Waals surface area contributed by atoms with Crippen molar-refractivity contribution in [1.82, 2.24) is 10.6 Å². The highest BCUT2D eigenvalue weighted by atomic mass is 16.5. The number of guanidine groups is 1. The summed E-state index contributed by atoms with van der Waals surface area (Å²) in [7, 11) is 1.40. The molecule has 0 amide bonds. The van der Waals surface area contributed by atoms with Gasteiger partial charge in [-0.05, 0) is 19.3 Å². The number of nitrogens with zero attached hydrogens (tertiary/aromatic N) is 1. The number of methoxy groups -OCH3 is 1. The first-order chi connectivity index (χ1) is 8.51. The molecule has 0 aliphatic rings. The number of carbonyl (C=O) groups is 1. The number of nitrogens with one attached hydrogen (secondary N) is 2. The summed E-state index contributed by atoms with van der Waals surface area (Å²) in [5, 5.41) is 6.41. The van der Waals surface area contributed by atoms with Gasteiger partial charge in [0.25, 0.3) is 0 Å². The van der Waals surface area contributed by atoms with Gasteiger partial charge in [-0.1, -0.05) is 20.8 Å². The molecule has 2 N–H and O–H groups in total. The van der Waals surface area contributed by atoms with Crippen molar-refractivity contribution in [2.75, 3.05) is 26.7 Å². The highest BCUT2D eigenvalue weighted by Crippen LogP contribution is 1.99. The Morgan fingerprint density at radius 2 is 1.94 bits per heavy atom. The lowest BCUT2D eigenvalue weighted by Gasteiger charge is -2.13. The van der Waals surface area contributed by atoms with Gasteiger partial charge in [-0.3, -0.25) is 9.79 Å². The summed E-state index contributed by atoms with van der Waals surface area (Å²) < 4.78 is 4.67. The van der Waals surface area contributed by atoms with Gasteiger partial charge >= 0.3 is 5.97 Å². The number of carbonyl (C=O) groups excluding carboxylic acids is 1. The summed E-state index contributed by atoms with van der Waals surface area (Å²) in [4.78, 5) is 15.6. The van der Waals surface area contributed by atoms with E-state index in [-0.39, 0.29) is 11.9 Å². The van der Waals surface area contributed by atoms with Crippen molar-refractivity contribution in [3.05, 3.63) is 0 Å². The van der Waals surface area contributed by atoms with Crippen LogP contribution in [-0.4, -0.2) is 38.7 Å². The van der Waals surface area contributed by atoms with Crippen molar-refractivity contribution in [2.45, 2.75) is 34.1 Å². The molecule has 0 fully saturated rings. The van der Waals surface area contributed by atoms with Gasteiger partial charge in [-0.15, -0.1) is 0 Å². The number of rotatable bonds is 7. The smallest absolute Gasteiger partial charge is 0.310 e. The molecule has 1 atom stereocenters. The van der Waals surface area contributed by atoms with Crippen LogP contribution in [0.4, 0.5) is 0 Å². The van der Waals surface area contributed by atoms with E-state index in [0.717, 1.165) is 25.5 Å². The Kier molecular flexibility index (Phi) is 9.06. The molecule has 106 valence electrons. The largest absolute Gasteiger partial charge is 0.469 e. The van der Waals surface area contributed by atoms with Gasteiger partial charge in [0.2, 0.25) is 0 Å². The zero-order valence-electron chi connectivity index (χ0n) is 12.2. The Hall–Kier alpha value is -1.26. The van der Waals surface area contributed by atoms with Crippen molar-refractivity contribution in [3.63, 3.8) is 0 Å². The lowest BCUT2D eigenvalue weighted by atomic mass is 10.1. The number of hydrogen-bond donors (Lipinski definition) is 2. The highest BCUT2D eigenvalue weighted by Gasteiger charge is 2.12. The number of ether oxygens (including phenoxy) is 1. The van der Waals surface area contributed by atoms with Gasteiger partial charge < -0.3 is 15.4 Å². The molecule has 0 heterocycles. The molecular formula is C13H27N3O2. The fraction of sp³-hybridized carbons (Fsp3) is 0.846. The first-order valence-corrected chi connectivity index (χ1v) is 6.61. The molecule has 0 aromatic rings. The van der Waals surface area contributed by atoms with E-state index in [4.69, 9.17) is 0 Å². The van der Waals surface area contributed by atoms with Gasteiger partial charge in [0.1, 0.15) is 0 Å². The van der Waals surface area contributed by atoms with E-state index in [2.05, 4.69) is 34.2 Å². The van der Waals surface area contributed by atoms with E-state index in [1.54, 1.807) is 0 Å². The lowest BCUT2D eigenvalue weighted by molar-refractivity contribution is -0.144. The summed E-state index contributed by atoms with van der Waals surface area (Å²) in [6.45, 7) is 10.3. The summed E-state index contributed by atoms with van der Waals surface area (Å²) in [5.74, 6) is 0.982. The maximum Gasteiger partial charge on any atom is 0.310 e. The second kappa shape index (κ2) is 9.74. The fourth-order valence-corrected chi connectivity index (χ4v) is 1.32. The zero-order valence-corrected chi connectivity index (χ0v) is 12.2. The Morgan fingerprint density at radius 1 is 1.28 bits per heavy atom. The molecule has 0 aliphatic carbocycles. The minimum Gasteiger partial charge on any atom is -0.469 e. The SMILES string of the molecule is CCNC(=NCC(C)C(=O)OC)NCCC(C)C. The van der Waals surface area contributed by atoms with Crippen LogP contribution in [0.3, 0.4) is 0 Å². The Labute approximate surface area is 110 Å². The first kappa shape index (κ1) is 16.7. The van der Waals surface area contributed by atoms with E-state index in [1.165, 1.54) is 7.11 Å². The molecule has 5 heteroatoms. The molecule has 0 aliphatic heterocycles. The van der Waals surface area contributed by atoms with Crippen molar-refractivity contribution in [1.29, 1.82) is 0 Å². The summed E-state index contributed by atoms with van der Waals surface area (Å²) >= 11 is 0. The average molecular weight is 257 g/mol. The van der Waals surface area contributed by atoms with Crippen LogP contribution in [0.5, 0.6) is 0 Å². The van der Waals surface area contributed by atoms with Crippen LogP contribution in [0, 0.1) is 11.8 Å². The van der Waals surface area contributed by atoms with Crippen LogP contribution in [0.25, 0.3) is 0 Å². The van der Waals surface area contributed by atoms with E-state index >= 15 is 0 Å². The van der Waals surface area contributed by atoms with Crippen molar-refractivity contribution in [3.8, 4) is 0 Å². The van der Waals surface area contributed by atoms with E-state index < -0.39 is 0 Å². The van der Waals surface area contributed by atoms with E-state index in [1.807, 2.05) is 13.8 Å². The summed E-state index contributed by atoms with van der Waals surface area (Å²) in [6.07, 6.45) is 1.09. The van der Waals surface area contributed by atoms with Gasteiger partial charge in [0.15, 0.2) is 5.96 Å². The Bertz CT molecular complexity index is 265. The zero-order chi connectivity index (χ0) is 14.0. The minimum absolute atomic E-state index is 0.212. The molecule has 0 aromatic carbocycles. The molecule has 1 unspecified atom stereocenters. The molecular weight excluding hydrogens is 230 g/mol. The number of aliphatic imine (C=N–C) groups is 1. The van der Waals surface area contributed by atoms with Crippen LogP contribution in [0.2, 0.25) is 0 Å². The maximum atomic E-state index is 11.3. The predicted octanol–water partition coefficient (Wildman–Crippen LogP) is 1.40. The Morgan fingerprint density at radius 3 is 2.44 bits per heavy atom. The van der Waals surface area contributed by atoms with Crippen LogP contribution >= 0.6 is 0 Å². The maximum absolute atomic E-state index is 11.3. The van der Waals surface area contributed by atoms with Gasteiger partial charge in [-0.2, -0.15) is 0 Å². The van der Waals surface area contributed by atoms with Crippen LogP contribution in [-0.2, 0) is 9.53 Å². The molecule has 18 heavy (non-hydrogen) atoms. The summed E-state index contributed by atoms with van der Waals surface area (Å²) in [5.41, 5.74) is 0. The molecule has 0 spiro atoms. The van der Waals surface area contributed by atoms with Crippen LogP contribution in [0.15, 0.2) is 4.99 Å². The van der Waals surface area contributed by atoms with Crippen molar-refractivity contribution in [2.24, 2.45) is 16.8 Å². The molecule has 0 aromatic heterocycles. The second-order valence-corrected chi connectivity index (χ2v) is 4.75. The molecule has 0 radical (unpaired) electrons. The quantitative estimate of drug-likeness (QED) is 0.411. The molecule has 5 nitrogen and oxygen atoms in total. The van der Waals surface area contributed by atoms with Crippen molar-refractivity contribution >= 4 is 11.9 Å². The number of hydrogen-bond acceptors (Lipinski definition) is 3. The third-order valence-corrected chi connectivity index (χ3v) is 2.49. The normalized spacial score (nSPS) is 13.3. The average Bonchev–Trinajstić information content (AvgIpc) is 2.34. The van der Waals surface area contributed by atoms with E-state index in [9.17, 15) is 4.79 Å². The summed E-state index contributed by atoms with van der Waals surface area (Å²) in [6, 6.07) is 0. The highest BCUT2D eigenvalue weighted by molar-refractivity contribution is 5.80. The number of esters is 1. The van der Waals surface area contributed by atoms with E-state index in [0.29, 0.717) is 12.5 Å². The second-order valence-electron chi connectivity index (χ2n) is 4.75. The monoisotopic (exact) mass is 257 g/mol. The molecule has 0 bridgehead atoms. The third kappa shape index (κ3) is 7.92. The van der Waals surface area contributed by atoms with Gasteiger partial charge in [-0.25, -0.2) is 0 Å². The molecule has 0 rings (SSSR count). The van der Waals surface area contributed by atoms with Gasteiger partial charge in [0, 0.05) is 13.1 Å². The Balaban J connectivity index is 4.18.